The molecule has 2 nitrogen and oxygen atoms in total. The van der Waals surface area contributed by atoms with Crippen LogP contribution in [0.25, 0.3) is 0 Å². The third-order valence-electron chi connectivity index (χ3n) is 3.68. The monoisotopic (exact) mass is 240 g/mol. The van der Waals surface area contributed by atoms with Gasteiger partial charge in [0.25, 0.3) is 0 Å². The van der Waals surface area contributed by atoms with E-state index < -0.39 is 7.72 Å². The van der Waals surface area contributed by atoms with Gasteiger partial charge < -0.3 is 0 Å². The van der Waals surface area contributed by atoms with Crippen molar-refractivity contribution in [2.24, 2.45) is 0 Å². The van der Waals surface area contributed by atoms with Crippen molar-refractivity contribution in [2.75, 3.05) is 14.2 Å². The summed E-state index contributed by atoms with van der Waals surface area (Å²) in [5.74, 6) is 0. The zero-order chi connectivity index (χ0) is 11.4. The number of hydrogen-bond donors (Lipinski definition) is 0. The van der Waals surface area contributed by atoms with E-state index in [9.17, 15) is 0 Å². The van der Waals surface area contributed by atoms with Gasteiger partial charge in [0.05, 0.1) is 0 Å². The van der Waals surface area contributed by atoms with Crippen molar-refractivity contribution in [3.8, 4) is 0 Å². The topological polar surface area (TPSA) is 18.5 Å². The summed E-state index contributed by atoms with van der Waals surface area (Å²) in [5, 5.41) is 1.27. The normalized spacial score (nSPS) is 18.9. The van der Waals surface area contributed by atoms with Crippen molar-refractivity contribution in [1.29, 1.82) is 0 Å². The van der Waals surface area contributed by atoms with Crippen LogP contribution in [0.15, 0.2) is 30.3 Å². The Labute approximate surface area is 98.5 Å². The van der Waals surface area contributed by atoms with Gasteiger partial charge in [-0.3, -0.25) is 0 Å². The standard InChI is InChI=1S/C13H21O2P/c1-14-16(15-2,13-10-6-7-11-13)12-8-4-3-5-9-12/h3-5,8-9,13,16H,6-7,10-11H2,1-2H3. The molecule has 0 N–H and O–H groups in total. The van der Waals surface area contributed by atoms with Crippen LogP contribution in [0.1, 0.15) is 25.7 Å². The van der Waals surface area contributed by atoms with Crippen LogP contribution in [0.2, 0.25) is 0 Å². The molecule has 16 heavy (non-hydrogen) atoms. The molecule has 1 aromatic carbocycles. The Morgan fingerprint density at radius 1 is 1.00 bits per heavy atom. The molecule has 1 fully saturated rings. The molecular weight excluding hydrogens is 219 g/mol. The minimum absolute atomic E-state index is 0.616. The maximum absolute atomic E-state index is 5.87. The molecule has 90 valence electrons. The average Bonchev–Trinajstić information content (AvgIpc) is 2.87. The molecule has 3 heteroatoms. The van der Waals surface area contributed by atoms with E-state index in [1.54, 1.807) is 14.2 Å². The van der Waals surface area contributed by atoms with Crippen LogP contribution in [-0.4, -0.2) is 19.9 Å². The summed E-state index contributed by atoms with van der Waals surface area (Å²) in [4.78, 5) is 0. The SMILES string of the molecule is CO[PH](OC)(c1ccccc1)C1CCCC1. The van der Waals surface area contributed by atoms with Crippen molar-refractivity contribution in [1.82, 2.24) is 0 Å². The molecule has 0 aliphatic heterocycles. The van der Waals surface area contributed by atoms with E-state index in [1.807, 2.05) is 6.07 Å². The van der Waals surface area contributed by atoms with Crippen LogP contribution in [0.3, 0.4) is 0 Å². The summed E-state index contributed by atoms with van der Waals surface area (Å²) in [7, 11) is 1.43. The molecule has 1 aliphatic carbocycles. The van der Waals surface area contributed by atoms with E-state index in [4.69, 9.17) is 9.05 Å². The van der Waals surface area contributed by atoms with Gasteiger partial charge in [-0.1, -0.05) is 0 Å². The first kappa shape index (κ1) is 12.0. The van der Waals surface area contributed by atoms with Gasteiger partial charge in [-0.05, 0) is 0 Å². The zero-order valence-electron chi connectivity index (χ0n) is 10.1. The first-order valence-electron chi connectivity index (χ1n) is 5.99. The zero-order valence-corrected chi connectivity index (χ0v) is 11.1. The molecule has 0 unspecified atom stereocenters. The molecule has 0 aromatic heterocycles. The van der Waals surface area contributed by atoms with Gasteiger partial charge in [0.2, 0.25) is 0 Å². The van der Waals surface area contributed by atoms with Crippen molar-refractivity contribution >= 4 is 13.0 Å². The molecular formula is C13H21O2P. The molecule has 0 spiro atoms. The van der Waals surface area contributed by atoms with E-state index >= 15 is 0 Å². The summed E-state index contributed by atoms with van der Waals surface area (Å²) in [6.45, 7) is 0. The van der Waals surface area contributed by atoms with Crippen LogP contribution >= 0.6 is 7.72 Å². The third-order valence-corrected chi connectivity index (χ3v) is 7.68. The predicted molar refractivity (Wildman–Crippen MR) is 70.7 cm³/mol. The van der Waals surface area contributed by atoms with Gasteiger partial charge in [0, 0.05) is 0 Å². The Morgan fingerprint density at radius 2 is 1.56 bits per heavy atom. The number of benzene rings is 1. The summed E-state index contributed by atoms with van der Waals surface area (Å²) in [6, 6.07) is 10.5. The van der Waals surface area contributed by atoms with E-state index in [2.05, 4.69) is 24.3 Å². The second kappa shape index (κ2) is 5.27. The molecule has 0 bridgehead atoms. The van der Waals surface area contributed by atoms with Crippen LogP contribution in [0.5, 0.6) is 0 Å². The van der Waals surface area contributed by atoms with E-state index in [0.29, 0.717) is 5.66 Å². The Bertz CT molecular complexity index is 316. The molecule has 0 saturated heterocycles. The fraction of sp³-hybridized carbons (Fsp3) is 0.538. The number of hydrogen-bond acceptors (Lipinski definition) is 2. The average molecular weight is 240 g/mol. The van der Waals surface area contributed by atoms with E-state index in [-0.39, 0.29) is 0 Å². The van der Waals surface area contributed by atoms with Crippen molar-refractivity contribution in [3.63, 3.8) is 0 Å². The summed E-state index contributed by atoms with van der Waals surface area (Å²) in [6.07, 6.45) is 5.14. The van der Waals surface area contributed by atoms with Crippen LogP contribution in [0, 0.1) is 0 Å². The van der Waals surface area contributed by atoms with Gasteiger partial charge in [0.1, 0.15) is 0 Å². The van der Waals surface area contributed by atoms with Crippen molar-refractivity contribution in [3.05, 3.63) is 30.3 Å². The molecule has 2 rings (SSSR count). The Hall–Kier alpha value is -0.430. The first-order valence-corrected chi connectivity index (χ1v) is 7.88. The van der Waals surface area contributed by atoms with Crippen LogP contribution < -0.4 is 5.30 Å². The molecule has 0 atom stereocenters. The molecule has 0 amide bonds. The van der Waals surface area contributed by atoms with Crippen LogP contribution in [0.4, 0.5) is 0 Å². The summed E-state index contributed by atoms with van der Waals surface area (Å²) >= 11 is 0. The maximum atomic E-state index is 5.87. The fourth-order valence-electron chi connectivity index (χ4n) is 2.86. The first-order chi connectivity index (χ1) is 7.83. The van der Waals surface area contributed by atoms with Gasteiger partial charge in [-0.25, -0.2) is 0 Å². The van der Waals surface area contributed by atoms with Gasteiger partial charge >= 0.3 is 98.0 Å². The Morgan fingerprint density at radius 3 is 2.06 bits per heavy atom. The number of rotatable bonds is 4. The van der Waals surface area contributed by atoms with E-state index in [0.717, 1.165) is 0 Å². The summed E-state index contributed by atoms with van der Waals surface area (Å²) in [5.41, 5.74) is 0.616. The molecule has 1 saturated carbocycles. The van der Waals surface area contributed by atoms with Crippen molar-refractivity contribution in [2.45, 2.75) is 31.3 Å². The predicted octanol–water partition coefficient (Wildman–Crippen LogP) is 3.13. The second-order valence-corrected chi connectivity index (χ2v) is 7.97. The fourth-order valence-corrected chi connectivity index (χ4v) is 6.47. The van der Waals surface area contributed by atoms with E-state index in [1.165, 1.54) is 31.0 Å². The molecule has 1 aromatic rings. The van der Waals surface area contributed by atoms with Gasteiger partial charge in [-0.15, -0.1) is 0 Å². The summed E-state index contributed by atoms with van der Waals surface area (Å²) < 4.78 is 11.7. The van der Waals surface area contributed by atoms with Crippen molar-refractivity contribution < 1.29 is 9.05 Å². The molecule has 0 heterocycles. The van der Waals surface area contributed by atoms with Gasteiger partial charge in [-0.2, -0.15) is 0 Å². The third kappa shape index (κ3) is 2.02. The minimum atomic E-state index is -2.19. The molecule has 0 radical (unpaired) electrons. The quantitative estimate of drug-likeness (QED) is 0.753. The Kier molecular flexibility index (Phi) is 3.96. The second-order valence-electron chi connectivity index (χ2n) is 4.42. The van der Waals surface area contributed by atoms with Gasteiger partial charge in [0.15, 0.2) is 0 Å². The van der Waals surface area contributed by atoms with Crippen LogP contribution in [-0.2, 0) is 9.05 Å². The Balaban J connectivity index is 2.34. The molecule has 1 aliphatic rings.